The van der Waals surface area contributed by atoms with Crippen LogP contribution >= 0.6 is 11.3 Å². The molecule has 0 aromatic carbocycles. The first-order chi connectivity index (χ1) is 7.29. The molecular weight excluding hydrogens is 210 g/mol. The van der Waals surface area contributed by atoms with Crippen LogP contribution in [0.2, 0.25) is 0 Å². The van der Waals surface area contributed by atoms with Crippen molar-refractivity contribution in [1.82, 2.24) is 0 Å². The molecule has 0 N–H and O–H groups in total. The first kappa shape index (κ1) is 9.86. The van der Waals surface area contributed by atoms with Crippen molar-refractivity contribution in [2.45, 2.75) is 6.92 Å². The van der Waals surface area contributed by atoms with Gasteiger partial charge >= 0.3 is 5.97 Å². The average Bonchev–Trinajstić information content (AvgIpc) is 2.79. The van der Waals surface area contributed by atoms with Crippen molar-refractivity contribution in [3.05, 3.63) is 40.2 Å². The molecule has 15 heavy (non-hydrogen) atoms. The van der Waals surface area contributed by atoms with E-state index in [4.69, 9.17) is 4.74 Å². The number of cyclic esters (lactones) is 1. The Morgan fingerprint density at radius 2 is 2.40 bits per heavy atom. The average molecular weight is 219 g/mol. The lowest BCUT2D eigenvalue weighted by Gasteiger charge is -1.88. The van der Waals surface area contributed by atoms with Gasteiger partial charge in [0.1, 0.15) is 0 Å². The predicted octanol–water partition coefficient (Wildman–Crippen LogP) is 2.62. The summed E-state index contributed by atoms with van der Waals surface area (Å²) in [5, 5.41) is 1.95. The smallest absolute Gasteiger partial charge is 0.363 e. The Hall–Kier alpha value is -1.68. The van der Waals surface area contributed by atoms with E-state index >= 15 is 0 Å². The van der Waals surface area contributed by atoms with Gasteiger partial charge in [-0.1, -0.05) is 12.1 Å². The highest BCUT2D eigenvalue weighted by Crippen LogP contribution is 2.18. The molecule has 0 unspecified atom stereocenters. The number of rotatable bonds is 2. The van der Waals surface area contributed by atoms with Gasteiger partial charge in [0.15, 0.2) is 5.70 Å². The van der Waals surface area contributed by atoms with E-state index in [1.807, 2.05) is 24.4 Å². The first-order valence-electron chi connectivity index (χ1n) is 4.48. The minimum Gasteiger partial charge on any atom is -0.403 e. The van der Waals surface area contributed by atoms with E-state index < -0.39 is 5.97 Å². The monoisotopic (exact) mass is 219 g/mol. The molecule has 0 amide bonds. The molecular formula is C11H9NO2S. The van der Waals surface area contributed by atoms with E-state index in [9.17, 15) is 4.79 Å². The van der Waals surface area contributed by atoms with Gasteiger partial charge in [0.25, 0.3) is 0 Å². The number of allylic oxidation sites excluding steroid dienone is 1. The van der Waals surface area contributed by atoms with Crippen LogP contribution in [-0.2, 0) is 9.53 Å². The zero-order valence-corrected chi connectivity index (χ0v) is 8.95. The van der Waals surface area contributed by atoms with Gasteiger partial charge in [-0.2, -0.15) is 0 Å². The van der Waals surface area contributed by atoms with Gasteiger partial charge in [0.2, 0.25) is 5.90 Å². The fourth-order valence-corrected chi connectivity index (χ4v) is 1.80. The lowest BCUT2D eigenvalue weighted by Crippen LogP contribution is -2.00. The van der Waals surface area contributed by atoms with Crippen molar-refractivity contribution in [2.24, 2.45) is 4.99 Å². The molecule has 0 aliphatic carbocycles. The van der Waals surface area contributed by atoms with Gasteiger partial charge in [0, 0.05) is 4.88 Å². The molecule has 0 atom stereocenters. The number of esters is 1. The van der Waals surface area contributed by atoms with Gasteiger partial charge in [0.05, 0.1) is 0 Å². The molecule has 2 rings (SSSR count). The minimum absolute atomic E-state index is 0.352. The summed E-state index contributed by atoms with van der Waals surface area (Å²) in [4.78, 5) is 16.4. The SMILES string of the molecule is CC=CC1=NC(=Cc2cccs2)C(=O)O1. The molecule has 0 fully saturated rings. The maximum absolute atomic E-state index is 11.4. The van der Waals surface area contributed by atoms with Crippen molar-refractivity contribution < 1.29 is 9.53 Å². The van der Waals surface area contributed by atoms with Crippen molar-refractivity contribution in [3.8, 4) is 0 Å². The van der Waals surface area contributed by atoms with Crippen molar-refractivity contribution in [3.63, 3.8) is 0 Å². The normalized spacial score (nSPS) is 18.6. The highest BCUT2D eigenvalue weighted by molar-refractivity contribution is 7.10. The van der Waals surface area contributed by atoms with Crippen LogP contribution in [0.3, 0.4) is 0 Å². The van der Waals surface area contributed by atoms with Gasteiger partial charge in [-0.05, 0) is 30.5 Å². The van der Waals surface area contributed by atoms with Crippen molar-refractivity contribution in [2.75, 3.05) is 0 Å². The van der Waals surface area contributed by atoms with Gasteiger partial charge in [-0.3, -0.25) is 0 Å². The van der Waals surface area contributed by atoms with Gasteiger partial charge < -0.3 is 4.74 Å². The number of nitrogens with zero attached hydrogens (tertiary/aromatic N) is 1. The van der Waals surface area contributed by atoms with Crippen LogP contribution in [0.25, 0.3) is 6.08 Å². The quantitative estimate of drug-likeness (QED) is 0.566. The lowest BCUT2D eigenvalue weighted by atomic mass is 10.3. The van der Waals surface area contributed by atoms with E-state index in [0.29, 0.717) is 11.6 Å². The Balaban J connectivity index is 2.27. The van der Waals surface area contributed by atoms with E-state index in [2.05, 4.69) is 4.99 Å². The third-order valence-corrected chi connectivity index (χ3v) is 2.59. The standard InChI is InChI=1S/C11H9NO2S/c1-2-4-10-12-9(11(13)14-10)7-8-5-3-6-15-8/h2-7H,1H3. The lowest BCUT2D eigenvalue weighted by molar-refractivity contribution is -0.129. The molecule has 1 aromatic heterocycles. The van der Waals surface area contributed by atoms with E-state index in [1.54, 1.807) is 29.6 Å². The first-order valence-corrected chi connectivity index (χ1v) is 5.36. The van der Waals surface area contributed by atoms with Crippen molar-refractivity contribution in [1.29, 1.82) is 0 Å². The second-order valence-electron chi connectivity index (χ2n) is 2.88. The maximum atomic E-state index is 11.4. The molecule has 76 valence electrons. The number of hydrogen-bond donors (Lipinski definition) is 0. The fourth-order valence-electron chi connectivity index (χ4n) is 1.15. The number of carbonyl (C=O) groups excluding carboxylic acids is 1. The Morgan fingerprint density at radius 3 is 3.07 bits per heavy atom. The molecule has 1 aliphatic heterocycles. The Kier molecular flexibility index (Phi) is 2.78. The van der Waals surface area contributed by atoms with Crippen LogP contribution in [0.5, 0.6) is 0 Å². The zero-order valence-electron chi connectivity index (χ0n) is 8.14. The van der Waals surface area contributed by atoms with Crippen molar-refractivity contribution >= 4 is 29.3 Å². The summed E-state index contributed by atoms with van der Waals surface area (Å²) in [5.74, 6) is -0.0400. The largest absolute Gasteiger partial charge is 0.403 e. The molecule has 1 aliphatic rings. The van der Waals surface area contributed by atoms with Crippen LogP contribution in [0.1, 0.15) is 11.8 Å². The minimum atomic E-state index is -0.392. The molecule has 0 radical (unpaired) electrons. The molecule has 4 heteroatoms. The van der Waals surface area contributed by atoms with Crippen LogP contribution in [-0.4, -0.2) is 11.9 Å². The summed E-state index contributed by atoms with van der Waals surface area (Å²) in [7, 11) is 0. The predicted molar refractivity (Wildman–Crippen MR) is 60.6 cm³/mol. The van der Waals surface area contributed by atoms with E-state index in [0.717, 1.165) is 4.88 Å². The maximum Gasteiger partial charge on any atom is 0.363 e. The second-order valence-corrected chi connectivity index (χ2v) is 3.86. The Bertz CT molecular complexity index is 455. The number of ether oxygens (including phenoxy) is 1. The molecule has 0 saturated heterocycles. The summed E-state index contributed by atoms with van der Waals surface area (Å²) in [5.41, 5.74) is 0.352. The summed E-state index contributed by atoms with van der Waals surface area (Å²) >= 11 is 1.55. The summed E-state index contributed by atoms with van der Waals surface area (Å²) in [6.07, 6.45) is 5.16. The third-order valence-electron chi connectivity index (χ3n) is 1.77. The highest BCUT2D eigenvalue weighted by atomic mass is 32.1. The summed E-state index contributed by atoms with van der Waals surface area (Å²) in [6.45, 7) is 1.84. The molecule has 1 aromatic rings. The number of hydrogen-bond acceptors (Lipinski definition) is 4. The molecule has 2 heterocycles. The number of aliphatic imine (C=N–C) groups is 1. The summed E-state index contributed by atoms with van der Waals surface area (Å²) < 4.78 is 4.92. The molecule has 0 spiro atoms. The Labute approximate surface area is 91.4 Å². The van der Waals surface area contributed by atoms with Gasteiger partial charge in [-0.25, -0.2) is 9.79 Å². The van der Waals surface area contributed by atoms with Crippen LogP contribution in [0.15, 0.2) is 40.4 Å². The third kappa shape index (κ3) is 2.22. The second kappa shape index (κ2) is 4.23. The van der Waals surface area contributed by atoms with Gasteiger partial charge in [-0.15, -0.1) is 11.3 Å². The number of carbonyl (C=O) groups is 1. The van der Waals surface area contributed by atoms with Crippen LogP contribution in [0.4, 0.5) is 0 Å². The van der Waals surface area contributed by atoms with Crippen LogP contribution in [0, 0.1) is 0 Å². The zero-order chi connectivity index (χ0) is 10.7. The number of thiophene rings is 1. The molecule has 3 nitrogen and oxygen atoms in total. The molecule has 0 saturated carbocycles. The van der Waals surface area contributed by atoms with Crippen LogP contribution < -0.4 is 0 Å². The highest BCUT2D eigenvalue weighted by Gasteiger charge is 2.20. The topological polar surface area (TPSA) is 38.7 Å². The Morgan fingerprint density at radius 1 is 1.53 bits per heavy atom. The van der Waals surface area contributed by atoms with E-state index in [-0.39, 0.29) is 0 Å². The summed E-state index contributed by atoms with van der Waals surface area (Å²) in [6, 6.07) is 3.85. The fraction of sp³-hybridized carbons (Fsp3) is 0.0909. The van der Waals surface area contributed by atoms with E-state index in [1.165, 1.54) is 0 Å². The molecule has 0 bridgehead atoms.